The summed E-state index contributed by atoms with van der Waals surface area (Å²) in [7, 11) is 0. The van der Waals surface area contributed by atoms with Gasteiger partial charge in [-0.2, -0.15) is 0 Å². The minimum atomic E-state index is -0.877. The van der Waals surface area contributed by atoms with E-state index in [1.807, 2.05) is 0 Å². The van der Waals surface area contributed by atoms with Crippen molar-refractivity contribution in [3.05, 3.63) is 28.3 Å². The van der Waals surface area contributed by atoms with Crippen LogP contribution in [0.4, 0.5) is 0 Å². The molecule has 0 spiro atoms. The largest absolute Gasteiger partial charge is 0.506 e. The minimum Gasteiger partial charge on any atom is -0.506 e. The molecule has 0 aliphatic carbocycles. The number of phenols is 1. The van der Waals surface area contributed by atoms with Crippen molar-refractivity contribution in [1.29, 1.82) is 0 Å². The van der Waals surface area contributed by atoms with Gasteiger partial charge in [-0.1, -0.05) is 11.6 Å². The number of aliphatic carboxylic acids is 1. The van der Waals surface area contributed by atoms with E-state index < -0.39 is 5.97 Å². The second-order valence-electron chi connectivity index (χ2n) is 3.70. The molecular weight excluding hydrogens is 230 g/mol. The second-order valence-corrected chi connectivity index (χ2v) is 4.11. The van der Waals surface area contributed by atoms with E-state index in [4.69, 9.17) is 22.4 Å². The predicted molar refractivity (Wildman–Crippen MR) is 61.7 cm³/mol. The highest BCUT2D eigenvalue weighted by Gasteiger charge is 2.13. The Labute approximate surface area is 98.6 Å². The maximum Gasteiger partial charge on any atom is 0.303 e. The zero-order chi connectivity index (χ0) is 12.3. The molecule has 0 aromatic heterocycles. The van der Waals surface area contributed by atoms with Gasteiger partial charge >= 0.3 is 5.97 Å². The van der Waals surface area contributed by atoms with Crippen molar-refractivity contribution >= 4 is 17.6 Å². The number of phenolic OH excluding ortho intramolecular Hbond substituents is 1. The normalized spacial score (nSPS) is 12.4. The Kier molecular flexibility index (Phi) is 4.15. The van der Waals surface area contributed by atoms with Crippen LogP contribution in [0.15, 0.2) is 12.1 Å². The lowest BCUT2D eigenvalue weighted by Crippen LogP contribution is -2.13. The predicted octanol–water partition coefficient (Wildman–Crippen LogP) is 2.22. The zero-order valence-corrected chi connectivity index (χ0v) is 9.66. The van der Waals surface area contributed by atoms with Crippen LogP contribution in [0.2, 0.25) is 5.02 Å². The van der Waals surface area contributed by atoms with E-state index in [2.05, 4.69) is 0 Å². The van der Waals surface area contributed by atoms with Gasteiger partial charge in [0, 0.05) is 12.5 Å². The first-order valence-electron chi connectivity index (χ1n) is 4.88. The Bertz CT molecular complexity index is 406. The highest BCUT2D eigenvalue weighted by molar-refractivity contribution is 6.32. The van der Waals surface area contributed by atoms with E-state index in [1.165, 1.54) is 6.07 Å². The van der Waals surface area contributed by atoms with Gasteiger partial charge in [0.25, 0.3) is 0 Å². The lowest BCUT2D eigenvalue weighted by atomic mass is 9.98. The molecule has 88 valence electrons. The van der Waals surface area contributed by atoms with Crippen molar-refractivity contribution in [3.8, 4) is 5.75 Å². The number of carboxylic acids is 1. The molecule has 0 saturated carbocycles. The van der Waals surface area contributed by atoms with Gasteiger partial charge in [-0.15, -0.1) is 0 Å². The van der Waals surface area contributed by atoms with Crippen LogP contribution in [0.25, 0.3) is 0 Å². The molecule has 0 fully saturated rings. The van der Waals surface area contributed by atoms with Crippen molar-refractivity contribution in [2.45, 2.75) is 25.8 Å². The quantitative estimate of drug-likeness (QED) is 0.757. The number of aryl methyl sites for hydroxylation is 1. The molecule has 0 aliphatic heterocycles. The molecule has 4 N–H and O–H groups in total. The molecule has 16 heavy (non-hydrogen) atoms. The smallest absolute Gasteiger partial charge is 0.303 e. The van der Waals surface area contributed by atoms with Crippen LogP contribution in [0, 0.1) is 6.92 Å². The molecule has 1 aromatic rings. The number of nitrogens with two attached hydrogens (primary N) is 1. The standard InChI is InChI=1S/C11H14ClNO3/c1-6-4-10(14)8(12)5-7(6)9(13)2-3-11(15)16/h4-5,9,14H,2-3,13H2,1H3,(H,15,16). The SMILES string of the molecule is Cc1cc(O)c(Cl)cc1C(N)CCC(=O)O. The van der Waals surface area contributed by atoms with E-state index in [1.54, 1.807) is 13.0 Å². The van der Waals surface area contributed by atoms with Crippen molar-refractivity contribution in [1.82, 2.24) is 0 Å². The Morgan fingerprint density at radius 3 is 2.75 bits per heavy atom. The van der Waals surface area contributed by atoms with Crippen LogP contribution in [0.5, 0.6) is 5.75 Å². The average Bonchev–Trinajstić information content (AvgIpc) is 2.20. The summed E-state index contributed by atoms with van der Waals surface area (Å²) in [4.78, 5) is 10.4. The van der Waals surface area contributed by atoms with Crippen molar-refractivity contribution in [2.75, 3.05) is 0 Å². The molecule has 1 aromatic carbocycles. The molecule has 5 heteroatoms. The summed E-state index contributed by atoms with van der Waals surface area (Å²) in [6, 6.07) is 2.73. The van der Waals surface area contributed by atoms with Gasteiger partial charge in [0.1, 0.15) is 5.75 Å². The summed E-state index contributed by atoms with van der Waals surface area (Å²) in [5.41, 5.74) is 7.43. The molecular formula is C11H14ClNO3. The van der Waals surface area contributed by atoms with Gasteiger partial charge in [0.05, 0.1) is 5.02 Å². The lowest BCUT2D eigenvalue weighted by Gasteiger charge is -2.14. The first-order valence-corrected chi connectivity index (χ1v) is 5.26. The fourth-order valence-corrected chi connectivity index (χ4v) is 1.69. The fraction of sp³-hybridized carbons (Fsp3) is 0.364. The maximum atomic E-state index is 10.4. The van der Waals surface area contributed by atoms with Gasteiger partial charge in [0.15, 0.2) is 0 Å². The van der Waals surface area contributed by atoms with Crippen molar-refractivity contribution in [3.63, 3.8) is 0 Å². The topological polar surface area (TPSA) is 83.5 Å². The fourth-order valence-electron chi connectivity index (χ4n) is 1.52. The molecule has 0 heterocycles. The highest BCUT2D eigenvalue weighted by Crippen LogP contribution is 2.30. The van der Waals surface area contributed by atoms with E-state index in [9.17, 15) is 9.90 Å². The number of carboxylic acid groups (broad SMARTS) is 1. The van der Waals surface area contributed by atoms with Crippen LogP contribution < -0.4 is 5.73 Å². The molecule has 0 aliphatic rings. The van der Waals surface area contributed by atoms with Crippen LogP contribution in [-0.2, 0) is 4.79 Å². The lowest BCUT2D eigenvalue weighted by molar-refractivity contribution is -0.137. The second kappa shape index (κ2) is 5.18. The minimum absolute atomic E-state index is 0.00773. The maximum absolute atomic E-state index is 10.4. The zero-order valence-electron chi connectivity index (χ0n) is 8.90. The van der Waals surface area contributed by atoms with Crippen LogP contribution in [-0.4, -0.2) is 16.2 Å². The molecule has 0 saturated heterocycles. The van der Waals surface area contributed by atoms with Crippen LogP contribution in [0.3, 0.4) is 0 Å². The molecule has 0 radical (unpaired) electrons. The Balaban J connectivity index is 2.86. The summed E-state index contributed by atoms with van der Waals surface area (Å²) in [6.07, 6.45) is 0.358. The third-order valence-corrected chi connectivity index (χ3v) is 2.71. The van der Waals surface area contributed by atoms with E-state index in [-0.39, 0.29) is 23.2 Å². The number of halogens is 1. The van der Waals surface area contributed by atoms with E-state index >= 15 is 0 Å². The van der Waals surface area contributed by atoms with Gasteiger partial charge < -0.3 is 15.9 Å². The summed E-state index contributed by atoms with van der Waals surface area (Å²) >= 11 is 5.77. The molecule has 4 nitrogen and oxygen atoms in total. The number of hydrogen-bond acceptors (Lipinski definition) is 3. The van der Waals surface area contributed by atoms with E-state index in [0.717, 1.165) is 11.1 Å². The third kappa shape index (κ3) is 3.12. The van der Waals surface area contributed by atoms with Crippen LogP contribution in [0.1, 0.15) is 30.0 Å². The highest BCUT2D eigenvalue weighted by atomic mass is 35.5. The van der Waals surface area contributed by atoms with Crippen molar-refractivity contribution in [2.24, 2.45) is 5.73 Å². The van der Waals surface area contributed by atoms with Gasteiger partial charge in [-0.25, -0.2) is 0 Å². The number of carbonyl (C=O) groups is 1. The first kappa shape index (κ1) is 12.8. The molecule has 1 rings (SSSR count). The molecule has 1 unspecified atom stereocenters. The number of aromatic hydroxyl groups is 1. The first-order chi connectivity index (χ1) is 7.41. The number of rotatable bonds is 4. The average molecular weight is 244 g/mol. The van der Waals surface area contributed by atoms with Crippen LogP contribution >= 0.6 is 11.6 Å². The van der Waals surface area contributed by atoms with Gasteiger partial charge in [-0.05, 0) is 36.6 Å². The Morgan fingerprint density at radius 1 is 1.56 bits per heavy atom. The van der Waals surface area contributed by atoms with Gasteiger partial charge in [-0.3, -0.25) is 4.79 Å². The Hall–Kier alpha value is -1.26. The van der Waals surface area contributed by atoms with Gasteiger partial charge in [0.2, 0.25) is 0 Å². The summed E-state index contributed by atoms with van der Waals surface area (Å²) in [5.74, 6) is -0.869. The molecule has 0 bridgehead atoms. The monoisotopic (exact) mass is 243 g/mol. The Morgan fingerprint density at radius 2 is 2.19 bits per heavy atom. The number of benzene rings is 1. The van der Waals surface area contributed by atoms with E-state index in [0.29, 0.717) is 6.42 Å². The summed E-state index contributed by atoms with van der Waals surface area (Å²) in [6.45, 7) is 1.80. The number of hydrogen-bond donors (Lipinski definition) is 3. The molecule has 0 amide bonds. The summed E-state index contributed by atoms with van der Waals surface area (Å²) in [5, 5.41) is 18.1. The third-order valence-electron chi connectivity index (χ3n) is 2.40. The van der Waals surface area contributed by atoms with Crippen molar-refractivity contribution < 1.29 is 15.0 Å². The summed E-state index contributed by atoms with van der Waals surface area (Å²) < 4.78 is 0. The molecule has 1 atom stereocenters.